The standard InChI is InChI=1S/C16H16N4O/c1-11-4-3-5-13(8-11)16(21)17-10-12-6-7-15-14(9-12)18-19-20(15)2/h3-9H,10H2,1-2H3,(H,17,21). The quantitative estimate of drug-likeness (QED) is 0.800. The van der Waals surface area contributed by atoms with E-state index >= 15 is 0 Å². The zero-order valence-corrected chi connectivity index (χ0v) is 12.0. The maximum absolute atomic E-state index is 12.1. The van der Waals surface area contributed by atoms with Crippen LogP contribution in [0, 0.1) is 6.92 Å². The third-order valence-corrected chi connectivity index (χ3v) is 3.41. The molecular weight excluding hydrogens is 264 g/mol. The monoisotopic (exact) mass is 280 g/mol. The molecule has 0 spiro atoms. The molecule has 0 radical (unpaired) electrons. The van der Waals surface area contributed by atoms with Gasteiger partial charge in [0, 0.05) is 19.2 Å². The number of hydrogen-bond donors (Lipinski definition) is 1. The molecule has 0 aliphatic rings. The number of aromatic nitrogens is 3. The second-order valence-electron chi connectivity index (χ2n) is 5.09. The zero-order valence-electron chi connectivity index (χ0n) is 12.0. The normalized spacial score (nSPS) is 10.8. The second kappa shape index (κ2) is 5.36. The van der Waals surface area contributed by atoms with Crippen LogP contribution < -0.4 is 5.32 Å². The Balaban J connectivity index is 1.72. The SMILES string of the molecule is Cc1cccc(C(=O)NCc2ccc3c(c2)nnn3C)c1. The van der Waals surface area contributed by atoms with Crippen molar-refractivity contribution in [2.75, 3.05) is 0 Å². The van der Waals surface area contributed by atoms with Crippen molar-refractivity contribution in [3.8, 4) is 0 Å². The Morgan fingerprint density at radius 3 is 2.90 bits per heavy atom. The Hall–Kier alpha value is -2.69. The van der Waals surface area contributed by atoms with Gasteiger partial charge in [-0.05, 0) is 36.8 Å². The topological polar surface area (TPSA) is 59.8 Å². The largest absolute Gasteiger partial charge is 0.348 e. The highest BCUT2D eigenvalue weighted by Crippen LogP contribution is 2.12. The number of nitrogens with one attached hydrogen (secondary N) is 1. The van der Waals surface area contributed by atoms with Crippen LogP contribution in [-0.4, -0.2) is 20.9 Å². The number of fused-ring (bicyclic) bond motifs is 1. The summed E-state index contributed by atoms with van der Waals surface area (Å²) in [5.41, 5.74) is 4.56. The predicted molar refractivity (Wildman–Crippen MR) is 80.9 cm³/mol. The van der Waals surface area contributed by atoms with E-state index in [2.05, 4.69) is 15.6 Å². The average Bonchev–Trinajstić information content (AvgIpc) is 2.86. The molecular formula is C16H16N4O. The van der Waals surface area contributed by atoms with Gasteiger partial charge in [0.25, 0.3) is 5.91 Å². The van der Waals surface area contributed by atoms with Crippen LogP contribution in [0.1, 0.15) is 21.5 Å². The van der Waals surface area contributed by atoms with Crippen molar-refractivity contribution in [1.82, 2.24) is 20.3 Å². The summed E-state index contributed by atoms with van der Waals surface area (Å²) in [6, 6.07) is 13.4. The van der Waals surface area contributed by atoms with Crippen molar-refractivity contribution in [3.05, 3.63) is 59.2 Å². The van der Waals surface area contributed by atoms with E-state index in [1.54, 1.807) is 4.68 Å². The molecule has 0 bridgehead atoms. The fraction of sp³-hybridized carbons (Fsp3) is 0.188. The lowest BCUT2D eigenvalue weighted by atomic mass is 10.1. The molecule has 2 aromatic carbocycles. The van der Waals surface area contributed by atoms with Gasteiger partial charge in [-0.1, -0.05) is 29.0 Å². The van der Waals surface area contributed by atoms with Gasteiger partial charge in [-0.15, -0.1) is 5.10 Å². The number of carbonyl (C=O) groups excluding carboxylic acids is 1. The number of rotatable bonds is 3. The fourth-order valence-corrected chi connectivity index (χ4v) is 2.27. The van der Waals surface area contributed by atoms with Gasteiger partial charge in [0.1, 0.15) is 5.52 Å². The summed E-state index contributed by atoms with van der Waals surface area (Å²) in [6.45, 7) is 2.44. The Kier molecular flexibility index (Phi) is 3.39. The van der Waals surface area contributed by atoms with E-state index in [0.29, 0.717) is 12.1 Å². The van der Waals surface area contributed by atoms with Gasteiger partial charge in [-0.3, -0.25) is 4.79 Å². The minimum atomic E-state index is -0.0713. The predicted octanol–water partition coefficient (Wildman–Crippen LogP) is 2.21. The van der Waals surface area contributed by atoms with E-state index in [1.165, 1.54) is 0 Å². The first-order valence-corrected chi connectivity index (χ1v) is 6.77. The summed E-state index contributed by atoms with van der Waals surface area (Å²) in [5, 5.41) is 11.0. The van der Waals surface area contributed by atoms with E-state index < -0.39 is 0 Å². The minimum Gasteiger partial charge on any atom is -0.348 e. The Morgan fingerprint density at radius 1 is 1.24 bits per heavy atom. The lowest BCUT2D eigenvalue weighted by Gasteiger charge is -2.06. The van der Waals surface area contributed by atoms with Crippen molar-refractivity contribution >= 4 is 16.9 Å². The molecule has 0 fully saturated rings. The van der Waals surface area contributed by atoms with E-state index in [1.807, 2.05) is 56.4 Å². The Bertz CT molecular complexity index is 807. The van der Waals surface area contributed by atoms with E-state index in [4.69, 9.17) is 0 Å². The van der Waals surface area contributed by atoms with Gasteiger partial charge < -0.3 is 5.32 Å². The highest BCUT2D eigenvalue weighted by Gasteiger charge is 2.06. The molecule has 1 heterocycles. The molecule has 3 aromatic rings. The molecule has 0 saturated heterocycles. The van der Waals surface area contributed by atoms with Crippen molar-refractivity contribution in [1.29, 1.82) is 0 Å². The van der Waals surface area contributed by atoms with Gasteiger partial charge >= 0.3 is 0 Å². The van der Waals surface area contributed by atoms with Crippen molar-refractivity contribution in [2.45, 2.75) is 13.5 Å². The smallest absolute Gasteiger partial charge is 0.251 e. The summed E-state index contributed by atoms with van der Waals surface area (Å²) < 4.78 is 1.73. The molecule has 0 atom stereocenters. The molecule has 106 valence electrons. The molecule has 0 aliphatic carbocycles. The molecule has 21 heavy (non-hydrogen) atoms. The fourth-order valence-electron chi connectivity index (χ4n) is 2.27. The second-order valence-corrected chi connectivity index (χ2v) is 5.09. The van der Waals surface area contributed by atoms with Crippen LogP contribution >= 0.6 is 0 Å². The third kappa shape index (κ3) is 2.76. The van der Waals surface area contributed by atoms with Crippen LogP contribution in [0.3, 0.4) is 0 Å². The number of hydrogen-bond acceptors (Lipinski definition) is 3. The first-order chi connectivity index (χ1) is 10.1. The van der Waals surface area contributed by atoms with Gasteiger partial charge in [0.15, 0.2) is 0 Å². The van der Waals surface area contributed by atoms with Crippen molar-refractivity contribution in [3.63, 3.8) is 0 Å². The number of amides is 1. The maximum atomic E-state index is 12.1. The first kappa shape index (κ1) is 13.3. The highest BCUT2D eigenvalue weighted by atomic mass is 16.1. The third-order valence-electron chi connectivity index (χ3n) is 3.41. The molecule has 3 rings (SSSR count). The van der Waals surface area contributed by atoms with E-state index in [9.17, 15) is 4.79 Å². The van der Waals surface area contributed by atoms with Crippen LogP contribution in [0.4, 0.5) is 0 Å². The minimum absolute atomic E-state index is 0.0713. The van der Waals surface area contributed by atoms with Gasteiger partial charge in [-0.25, -0.2) is 4.68 Å². The molecule has 0 unspecified atom stereocenters. The highest BCUT2D eigenvalue weighted by molar-refractivity contribution is 5.94. The summed E-state index contributed by atoms with van der Waals surface area (Å²) in [4.78, 5) is 12.1. The molecule has 5 heteroatoms. The Labute approximate surface area is 122 Å². The van der Waals surface area contributed by atoms with E-state index in [0.717, 1.165) is 22.2 Å². The van der Waals surface area contributed by atoms with Crippen LogP contribution in [-0.2, 0) is 13.6 Å². The van der Waals surface area contributed by atoms with Crippen LogP contribution in [0.25, 0.3) is 11.0 Å². The van der Waals surface area contributed by atoms with Crippen LogP contribution in [0.15, 0.2) is 42.5 Å². The molecule has 1 amide bonds. The lowest BCUT2D eigenvalue weighted by Crippen LogP contribution is -2.22. The molecule has 1 aromatic heterocycles. The summed E-state index contributed by atoms with van der Waals surface area (Å²) in [7, 11) is 1.86. The molecule has 5 nitrogen and oxygen atoms in total. The first-order valence-electron chi connectivity index (χ1n) is 6.77. The Morgan fingerprint density at radius 2 is 2.10 bits per heavy atom. The summed E-state index contributed by atoms with van der Waals surface area (Å²) in [6.07, 6.45) is 0. The molecule has 0 aliphatic heterocycles. The molecule has 1 N–H and O–H groups in total. The number of carbonyl (C=O) groups is 1. The van der Waals surface area contributed by atoms with Gasteiger partial charge in [-0.2, -0.15) is 0 Å². The van der Waals surface area contributed by atoms with Crippen LogP contribution in [0.5, 0.6) is 0 Å². The maximum Gasteiger partial charge on any atom is 0.251 e. The van der Waals surface area contributed by atoms with Crippen molar-refractivity contribution < 1.29 is 4.79 Å². The number of benzene rings is 2. The van der Waals surface area contributed by atoms with Crippen molar-refractivity contribution in [2.24, 2.45) is 7.05 Å². The molecule has 0 saturated carbocycles. The van der Waals surface area contributed by atoms with Gasteiger partial charge in [0.05, 0.1) is 5.52 Å². The lowest BCUT2D eigenvalue weighted by molar-refractivity contribution is 0.0951. The number of aryl methyl sites for hydroxylation is 2. The van der Waals surface area contributed by atoms with Gasteiger partial charge in [0.2, 0.25) is 0 Å². The average molecular weight is 280 g/mol. The van der Waals surface area contributed by atoms with Crippen LogP contribution in [0.2, 0.25) is 0 Å². The summed E-state index contributed by atoms with van der Waals surface area (Å²) in [5.74, 6) is -0.0713. The summed E-state index contributed by atoms with van der Waals surface area (Å²) >= 11 is 0. The zero-order chi connectivity index (χ0) is 14.8. The van der Waals surface area contributed by atoms with E-state index in [-0.39, 0.29) is 5.91 Å². The number of nitrogens with zero attached hydrogens (tertiary/aromatic N) is 3.